The van der Waals surface area contributed by atoms with Gasteiger partial charge in [0.1, 0.15) is 18.2 Å². The molecule has 0 spiro atoms. The molecule has 16 heavy (non-hydrogen) atoms. The molecule has 0 atom stereocenters. The number of halogens is 2. The predicted molar refractivity (Wildman–Crippen MR) is 65.5 cm³/mol. The molecule has 0 radical (unpaired) electrons. The molecule has 2 rings (SSSR count). The molecular formula is C11H9BrFNOS. The summed E-state index contributed by atoms with van der Waals surface area (Å²) in [6, 6.07) is 4.68. The van der Waals surface area contributed by atoms with E-state index in [1.54, 1.807) is 11.7 Å². The van der Waals surface area contributed by atoms with Gasteiger partial charge in [-0.1, -0.05) is 15.9 Å². The first-order valence-electron chi connectivity index (χ1n) is 4.63. The van der Waals surface area contributed by atoms with Crippen LogP contribution in [0.5, 0.6) is 5.75 Å². The fraction of sp³-hybridized carbons (Fsp3) is 0.182. The molecule has 1 heterocycles. The number of nitrogens with zero attached hydrogens (tertiary/aromatic N) is 1. The second-order valence-corrected chi connectivity index (χ2v) is 4.72. The van der Waals surface area contributed by atoms with Crippen LogP contribution in [0.15, 0.2) is 29.9 Å². The molecule has 0 N–H and O–H groups in total. The third-order valence-corrected chi connectivity index (χ3v) is 3.35. The zero-order valence-corrected chi connectivity index (χ0v) is 10.7. The summed E-state index contributed by atoms with van der Waals surface area (Å²) in [5, 5.41) is 0.613. The normalized spacial score (nSPS) is 10.4. The van der Waals surface area contributed by atoms with Crippen molar-refractivity contribution < 1.29 is 9.13 Å². The van der Waals surface area contributed by atoms with Crippen molar-refractivity contribution in [2.24, 2.45) is 0 Å². The van der Waals surface area contributed by atoms with Gasteiger partial charge in [0, 0.05) is 17.6 Å². The van der Waals surface area contributed by atoms with Crippen LogP contribution in [-0.2, 0) is 11.9 Å². The Labute approximate surface area is 105 Å². The van der Waals surface area contributed by atoms with Gasteiger partial charge in [-0.3, -0.25) is 4.98 Å². The van der Waals surface area contributed by atoms with Crippen molar-refractivity contribution >= 4 is 27.3 Å². The molecule has 5 heteroatoms. The summed E-state index contributed by atoms with van der Waals surface area (Å²) in [6.07, 6.45) is 1.75. The predicted octanol–water partition coefficient (Wildman–Crippen LogP) is 3.76. The van der Waals surface area contributed by atoms with Crippen LogP contribution in [0.4, 0.5) is 4.39 Å². The zero-order chi connectivity index (χ0) is 11.4. The van der Waals surface area contributed by atoms with Crippen LogP contribution in [0.25, 0.3) is 0 Å². The Hall–Kier alpha value is -0.940. The summed E-state index contributed by atoms with van der Waals surface area (Å²) < 4.78 is 18.7. The van der Waals surface area contributed by atoms with E-state index in [0.717, 1.165) is 10.4 Å². The Morgan fingerprint density at radius 1 is 1.38 bits per heavy atom. The molecule has 0 saturated carbocycles. The van der Waals surface area contributed by atoms with Crippen molar-refractivity contribution in [3.05, 3.63) is 46.2 Å². The molecule has 1 aromatic carbocycles. The van der Waals surface area contributed by atoms with Crippen LogP contribution in [0.2, 0.25) is 0 Å². The van der Waals surface area contributed by atoms with Gasteiger partial charge >= 0.3 is 0 Å². The van der Waals surface area contributed by atoms with E-state index in [1.165, 1.54) is 23.5 Å². The van der Waals surface area contributed by atoms with E-state index in [1.807, 2.05) is 6.07 Å². The first kappa shape index (κ1) is 11.5. The summed E-state index contributed by atoms with van der Waals surface area (Å²) >= 11 is 4.80. The maximum absolute atomic E-state index is 13.2. The molecule has 2 nitrogen and oxygen atoms in total. The minimum atomic E-state index is -0.281. The van der Waals surface area contributed by atoms with E-state index in [4.69, 9.17) is 4.74 Å². The van der Waals surface area contributed by atoms with Gasteiger partial charge in [-0.25, -0.2) is 4.39 Å². The van der Waals surface area contributed by atoms with Crippen molar-refractivity contribution in [3.8, 4) is 5.75 Å². The molecule has 0 aliphatic carbocycles. The van der Waals surface area contributed by atoms with Crippen LogP contribution in [0, 0.1) is 5.82 Å². The highest BCUT2D eigenvalue weighted by Gasteiger charge is 2.02. The summed E-state index contributed by atoms with van der Waals surface area (Å²) in [6.45, 7) is 0.426. The van der Waals surface area contributed by atoms with Gasteiger partial charge in [0.2, 0.25) is 0 Å². The van der Waals surface area contributed by atoms with E-state index in [2.05, 4.69) is 20.9 Å². The molecule has 1 aromatic heterocycles. The smallest absolute Gasteiger partial charge is 0.127 e. The Balaban J connectivity index is 2.06. The van der Waals surface area contributed by atoms with E-state index in [9.17, 15) is 4.39 Å². The van der Waals surface area contributed by atoms with Crippen LogP contribution < -0.4 is 4.74 Å². The molecule has 0 unspecified atom stereocenters. The molecule has 0 aliphatic heterocycles. The van der Waals surface area contributed by atoms with E-state index >= 15 is 0 Å². The van der Waals surface area contributed by atoms with Crippen LogP contribution >= 0.6 is 27.3 Å². The van der Waals surface area contributed by atoms with Crippen molar-refractivity contribution in [1.29, 1.82) is 0 Å². The molecule has 0 bridgehead atoms. The summed E-state index contributed by atoms with van der Waals surface area (Å²) in [7, 11) is 0. The first-order valence-corrected chi connectivity index (χ1v) is 6.63. The Bertz CT molecular complexity index is 461. The van der Waals surface area contributed by atoms with Crippen LogP contribution in [0.3, 0.4) is 0 Å². The minimum absolute atomic E-state index is 0.281. The van der Waals surface area contributed by atoms with E-state index < -0.39 is 0 Å². The maximum Gasteiger partial charge on any atom is 0.127 e. The average Bonchev–Trinajstić information content (AvgIpc) is 2.78. The number of ether oxygens (including phenoxy) is 1. The molecule has 0 saturated heterocycles. The Morgan fingerprint density at radius 3 is 2.94 bits per heavy atom. The molecule has 0 aliphatic rings. The van der Waals surface area contributed by atoms with Crippen molar-refractivity contribution in [2.45, 2.75) is 11.9 Å². The molecular weight excluding hydrogens is 293 g/mol. The lowest BCUT2D eigenvalue weighted by Crippen LogP contribution is -1.94. The number of aromatic nitrogens is 1. The monoisotopic (exact) mass is 301 g/mol. The second-order valence-electron chi connectivity index (χ2n) is 3.19. The summed E-state index contributed by atoms with van der Waals surface area (Å²) in [5.74, 6) is 0.263. The lowest BCUT2D eigenvalue weighted by atomic mass is 10.2. The fourth-order valence-corrected chi connectivity index (χ4v) is 2.08. The summed E-state index contributed by atoms with van der Waals surface area (Å²) in [4.78, 5) is 4.96. The third kappa shape index (κ3) is 3.02. The van der Waals surface area contributed by atoms with Crippen molar-refractivity contribution in [3.63, 3.8) is 0 Å². The number of hydrogen-bond donors (Lipinski definition) is 0. The number of rotatable bonds is 4. The first-order chi connectivity index (χ1) is 7.78. The lowest BCUT2D eigenvalue weighted by Gasteiger charge is -2.06. The number of alkyl halides is 1. The highest BCUT2D eigenvalue weighted by Crippen LogP contribution is 2.20. The number of benzene rings is 1. The van der Waals surface area contributed by atoms with Gasteiger partial charge in [0.15, 0.2) is 0 Å². The highest BCUT2D eigenvalue weighted by atomic mass is 79.9. The molecule has 84 valence electrons. The topological polar surface area (TPSA) is 22.1 Å². The van der Waals surface area contributed by atoms with Crippen LogP contribution in [-0.4, -0.2) is 4.98 Å². The lowest BCUT2D eigenvalue weighted by molar-refractivity contribution is 0.307. The van der Waals surface area contributed by atoms with Crippen molar-refractivity contribution in [1.82, 2.24) is 4.98 Å². The van der Waals surface area contributed by atoms with Crippen LogP contribution in [0.1, 0.15) is 10.4 Å². The summed E-state index contributed by atoms with van der Waals surface area (Å²) in [5.41, 5.74) is 2.60. The van der Waals surface area contributed by atoms with Gasteiger partial charge < -0.3 is 4.74 Å². The second kappa shape index (κ2) is 5.41. The average molecular weight is 302 g/mol. The largest absolute Gasteiger partial charge is 0.488 e. The standard InChI is InChI=1S/C11H9BrFNOS/c12-4-8-1-9(13)3-10(2-8)15-6-11-5-14-7-16-11/h1-3,5,7H,4,6H2. The molecule has 0 fully saturated rings. The zero-order valence-electron chi connectivity index (χ0n) is 8.32. The number of hydrogen-bond acceptors (Lipinski definition) is 3. The van der Waals surface area contributed by atoms with Gasteiger partial charge in [0.05, 0.1) is 10.4 Å². The fourth-order valence-electron chi connectivity index (χ4n) is 1.25. The highest BCUT2D eigenvalue weighted by molar-refractivity contribution is 9.08. The van der Waals surface area contributed by atoms with E-state index in [-0.39, 0.29) is 5.82 Å². The van der Waals surface area contributed by atoms with Gasteiger partial charge in [-0.15, -0.1) is 11.3 Å². The van der Waals surface area contributed by atoms with Gasteiger partial charge in [-0.05, 0) is 17.7 Å². The quantitative estimate of drug-likeness (QED) is 0.802. The number of thiazole rings is 1. The molecule has 2 aromatic rings. The van der Waals surface area contributed by atoms with E-state index in [0.29, 0.717) is 17.7 Å². The van der Waals surface area contributed by atoms with Gasteiger partial charge in [0.25, 0.3) is 0 Å². The van der Waals surface area contributed by atoms with Gasteiger partial charge in [-0.2, -0.15) is 0 Å². The third-order valence-electron chi connectivity index (χ3n) is 1.95. The Kier molecular flexibility index (Phi) is 3.90. The Morgan fingerprint density at radius 2 is 2.25 bits per heavy atom. The maximum atomic E-state index is 13.2. The SMILES string of the molecule is Fc1cc(CBr)cc(OCc2cncs2)c1. The van der Waals surface area contributed by atoms with Crippen molar-refractivity contribution in [2.75, 3.05) is 0 Å². The molecule has 0 amide bonds. The minimum Gasteiger partial charge on any atom is -0.488 e.